The number of benzene rings is 10. The van der Waals surface area contributed by atoms with E-state index in [0.29, 0.717) is 5.84 Å². The minimum absolute atomic E-state index is 0.424. The topological polar surface area (TPSA) is 54.8 Å². The zero-order valence-electron chi connectivity index (χ0n) is 34.6. The first kappa shape index (κ1) is 36.1. The third-order valence-corrected chi connectivity index (χ3v) is 12.8. The highest BCUT2D eigenvalue weighted by Crippen LogP contribution is 2.42. The van der Waals surface area contributed by atoms with E-state index >= 15 is 0 Å². The Kier molecular flexibility index (Phi) is 8.21. The van der Waals surface area contributed by atoms with Gasteiger partial charge in [-0.15, -0.1) is 0 Å². The van der Waals surface area contributed by atoms with Crippen molar-refractivity contribution in [2.24, 2.45) is 9.98 Å². The highest BCUT2D eigenvalue weighted by Gasteiger charge is 2.26. The fraction of sp³-hybridized carbons (Fsp3) is 0.0169. The molecule has 1 aliphatic rings. The summed E-state index contributed by atoms with van der Waals surface area (Å²) in [5.41, 5.74) is 12.3. The molecule has 0 radical (unpaired) electrons. The van der Waals surface area contributed by atoms with Crippen LogP contribution in [0.15, 0.2) is 233 Å². The maximum Gasteiger partial charge on any atom is 0.159 e. The van der Waals surface area contributed by atoms with E-state index in [0.717, 1.165) is 94.2 Å². The molecule has 10 aromatic carbocycles. The van der Waals surface area contributed by atoms with E-state index in [2.05, 4.69) is 228 Å². The van der Waals surface area contributed by atoms with Gasteiger partial charge in [0.2, 0.25) is 0 Å². The second-order valence-electron chi connectivity index (χ2n) is 16.6. The van der Waals surface area contributed by atoms with Crippen molar-refractivity contribution in [3.63, 3.8) is 0 Å². The highest BCUT2D eigenvalue weighted by atomic mass is 16.3. The predicted octanol–water partition coefficient (Wildman–Crippen LogP) is 14.8. The van der Waals surface area contributed by atoms with Crippen LogP contribution in [0.1, 0.15) is 22.9 Å². The average Bonchev–Trinajstić information content (AvgIpc) is 3.91. The molecule has 13 rings (SSSR count). The molecule has 1 unspecified atom stereocenters. The Morgan fingerprint density at radius 1 is 0.422 bits per heavy atom. The van der Waals surface area contributed by atoms with Crippen molar-refractivity contribution < 1.29 is 4.42 Å². The van der Waals surface area contributed by atoms with Crippen molar-refractivity contribution >= 4 is 77.0 Å². The minimum atomic E-state index is -0.424. The number of nitrogens with zero attached hydrogens (tertiary/aromatic N) is 3. The number of para-hydroxylation sites is 1. The van der Waals surface area contributed by atoms with Crippen LogP contribution in [0.25, 0.3) is 93.2 Å². The summed E-state index contributed by atoms with van der Waals surface area (Å²) in [7, 11) is 0. The normalized spacial score (nSPS) is 14.1. The third kappa shape index (κ3) is 5.93. The summed E-state index contributed by atoms with van der Waals surface area (Å²) in [5, 5.41) is 12.9. The summed E-state index contributed by atoms with van der Waals surface area (Å²) in [6, 6.07) is 77.5. The van der Waals surface area contributed by atoms with Gasteiger partial charge >= 0.3 is 0 Å². The molecule has 1 N–H and O–H groups in total. The number of hydrogen-bond acceptors (Lipinski definition) is 4. The lowest BCUT2D eigenvalue weighted by Crippen LogP contribution is -2.33. The number of aromatic nitrogens is 1. The Morgan fingerprint density at radius 2 is 1.06 bits per heavy atom. The molecule has 5 heteroatoms. The van der Waals surface area contributed by atoms with Gasteiger partial charge in [0.25, 0.3) is 0 Å². The van der Waals surface area contributed by atoms with E-state index < -0.39 is 6.17 Å². The van der Waals surface area contributed by atoms with E-state index in [4.69, 9.17) is 14.4 Å². The highest BCUT2D eigenvalue weighted by molar-refractivity contribution is 6.23. The van der Waals surface area contributed by atoms with Crippen LogP contribution in [0.4, 0.5) is 0 Å². The number of rotatable bonds is 6. The summed E-state index contributed by atoms with van der Waals surface area (Å²) < 4.78 is 9.40. The number of aliphatic imine (C=N–C) groups is 2. The van der Waals surface area contributed by atoms with Crippen LogP contribution < -0.4 is 5.32 Å². The van der Waals surface area contributed by atoms with E-state index in [1.54, 1.807) is 0 Å². The van der Waals surface area contributed by atoms with Crippen LogP contribution in [0.3, 0.4) is 0 Å². The summed E-state index contributed by atoms with van der Waals surface area (Å²) >= 11 is 0. The molecule has 0 aliphatic carbocycles. The van der Waals surface area contributed by atoms with Gasteiger partial charge in [-0.2, -0.15) is 0 Å². The van der Waals surface area contributed by atoms with Crippen LogP contribution >= 0.6 is 0 Å². The largest absolute Gasteiger partial charge is 0.454 e. The molecule has 1 atom stereocenters. The van der Waals surface area contributed by atoms with Crippen molar-refractivity contribution in [2.45, 2.75) is 6.17 Å². The molecule has 0 saturated carbocycles. The van der Waals surface area contributed by atoms with Gasteiger partial charge in [-0.1, -0.05) is 170 Å². The first-order valence-electron chi connectivity index (χ1n) is 21.8. The fourth-order valence-corrected chi connectivity index (χ4v) is 9.73. The van der Waals surface area contributed by atoms with Crippen molar-refractivity contribution in [2.75, 3.05) is 0 Å². The summed E-state index contributed by atoms with van der Waals surface area (Å²) in [6.07, 6.45) is -0.424. The predicted molar refractivity (Wildman–Crippen MR) is 266 cm³/mol. The molecule has 3 heterocycles. The lowest BCUT2D eigenvalue weighted by molar-refractivity contribution is 0.666. The third-order valence-electron chi connectivity index (χ3n) is 12.8. The SMILES string of the molecule is c1ccc(-c2cccc(C3=NC(c4cc(-n5c6ccccc6c6cc7ccccc7cc65)c5oc6ccc7ccccc7c6c5c4)=NC(c4cccc(-c5ccccc5)c4)N3)c2)cc1. The smallest absolute Gasteiger partial charge is 0.159 e. The van der Waals surface area contributed by atoms with Crippen molar-refractivity contribution in [1.29, 1.82) is 0 Å². The van der Waals surface area contributed by atoms with Crippen LogP contribution in [0, 0.1) is 0 Å². The zero-order chi connectivity index (χ0) is 42.1. The maximum absolute atomic E-state index is 7.03. The van der Waals surface area contributed by atoms with E-state index in [-0.39, 0.29) is 0 Å². The Bertz CT molecular complexity index is 3880. The summed E-state index contributed by atoms with van der Waals surface area (Å²) in [4.78, 5) is 11.0. The quantitative estimate of drug-likeness (QED) is 0.182. The molecular weight excluding hydrogens is 781 g/mol. The molecular formula is C59H38N4O. The molecule has 2 aromatic heterocycles. The first-order chi connectivity index (χ1) is 31.7. The van der Waals surface area contributed by atoms with Gasteiger partial charge in [0, 0.05) is 32.7 Å². The fourth-order valence-electron chi connectivity index (χ4n) is 9.73. The van der Waals surface area contributed by atoms with E-state index in [9.17, 15) is 0 Å². The maximum atomic E-state index is 7.03. The van der Waals surface area contributed by atoms with Crippen molar-refractivity contribution in [3.8, 4) is 27.9 Å². The Hall–Kier alpha value is -8.54. The zero-order valence-corrected chi connectivity index (χ0v) is 34.6. The van der Waals surface area contributed by atoms with E-state index in [1.165, 1.54) is 21.5 Å². The molecule has 0 fully saturated rings. The van der Waals surface area contributed by atoms with Crippen LogP contribution in [-0.2, 0) is 0 Å². The first-order valence-corrected chi connectivity index (χ1v) is 21.8. The molecule has 0 saturated heterocycles. The number of fused-ring (bicyclic) bond motifs is 9. The van der Waals surface area contributed by atoms with Gasteiger partial charge in [0.1, 0.15) is 17.6 Å². The van der Waals surface area contributed by atoms with Gasteiger partial charge in [-0.3, -0.25) is 0 Å². The Labute approximate surface area is 368 Å². The molecule has 300 valence electrons. The molecule has 1 aliphatic heterocycles. The average molecular weight is 819 g/mol. The number of hydrogen-bond donors (Lipinski definition) is 1. The van der Waals surface area contributed by atoms with Gasteiger partial charge < -0.3 is 14.3 Å². The molecule has 0 bridgehead atoms. The van der Waals surface area contributed by atoms with Crippen molar-refractivity contribution in [3.05, 3.63) is 235 Å². The summed E-state index contributed by atoms with van der Waals surface area (Å²) in [6.45, 7) is 0. The number of nitrogens with one attached hydrogen (secondary N) is 1. The van der Waals surface area contributed by atoms with Gasteiger partial charge in [-0.25, -0.2) is 9.98 Å². The van der Waals surface area contributed by atoms with Gasteiger partial charge in [0.05, 0.1) is 16.7 Å². The van der Waals surface area contributed by atoms with Crippen molar-refractivity contribution in [1.82, 2.24) is 9.88 Å². The molecule has 5 nitrogen and oxygen atoms in total. The minimum Gasteiger partial charge on any atom is -0.454 e. The van der Waals surface area contributed by atoms with Crippen LogP contribution in [-0.4, -0.2) is 16.2 Å². The van der Waals surface area contributed by atoms with Crippen LogP contribution in [0.5, 0.6) is 0 Å². The van der Waals surface area contributed by atoms with Gasteiger partial charge in [0.15, 0.2) is 11.4 Å². The lowest BCUT2D eigenvalue weighted by atomic mass is 10.00. The van der Waals surface area contributed by atoms with Gasteiger partial charge in [-0.05, 0) is 97.9 Å². The second-order valence-corrected chi connectivity index (χ2v) is 16.6. The molecule has 64 heavy (non-hydrogen) atoms. The molecule has 12 aromatic rings. The standard InChI is InChI=1S/C59H38N4O/c1-3-15-37(16-4-1)40-22-13-24-44(31-40)57-60-58(45-25-14-23-41(32-45)38-17-5-2-6-18-38)62-59(61-57)46-34-50-55-47-26-10-9-19-39(47)29-30-54(55)64-56(50)53(36-46)63-51-28-12-11-27-48(51)49-33-42-20-7-8-21-43(42)35-52(49)63/h1-36,57H,(H,60,61,62). The number of furan rings is 1. The molecule has 0 spiro atoms. The van der Waals surface area contributed by atoms with Crippen LogP contribution in [0.2, 0.25) is 0 Å². The monoisotopic (exact) mass is 818 g/mol. The van der Waals surface area contributed by atoms with E-state index in [1.807, 2.05) is 0 Å². The Balaban J connectivity index is 1.09. The summed E-state index contributed by atoms with van der Waals surface area (Å²) in [5.74, 6) is 1.39. The number of amidine groups is 2. The lowest BCUT2D eigenvalue weighted by Gasteiger charge is -2.24. The second kappa shape index (κ2) is 14.5. The molecule has 0 amide bonds. The Morgan fingerprint density at radius 3 is 1.86 bits per heavy atom.